The van der Waals surface area contributed by atoms with Crippen molar-refractivity contribution in [2.24, 2.45) is 0 Å². The lowest BCUT2D eigenvalue weighted by atomic mass is 10.1. The van der Waals surface area contributed by atoms with Gasteiger partial charge in [0.2, 0.25) is 0 Å². The van der Waals surface area contributed by atoms with Gasteiger partial charge in [0, 0.05) is 18.8 Å². The third kappa shape index (κ3) is 4.37. The highest BCUT2D eigenvalue weighted by Gasteiger charge is 2.10. The van der Waals surface area contributed by atoms with E-state index in [4.69, 9.17) is 5.73 Å². The molecule has 0 aliphatic heterocycles. The van der Waals surface area contributed by atoms with Crippen LogP contribution in [-0.4, -0.2) is 30.1 Å². The summed E-state index contributed by atoms with van der Waals surface area (Å²) in [6.07, 6.45) is 0.516. The predicted molar refractivity (Wildman–Crippen MR) is 83.5 cm³/mol. The number of benzene rings is 2. The van der Waals surface area contributed by atoms with Crippen LogP contribution >= 0.6 is 0 Å². The van der Waals surface area contributed by atoms with E-state index < -0.39 is 6.10 Å². The largest absolute Gasteiger partial charge is 0.399 e. The van der Waals surface area contributed by atoms with E-state index in [1.54, 1.807) is 0 Å². The molecule has 0 heterocycles. The van der Waals surface area contributed by atoms with Crippen molar-refractivity contribution in [3.8, 4) is 0 Å². The first kappa shape index (κ1) is 14.6. The van der Waals surface area contributed by atoms with E-state index in [9.17, 15) is 5.11 Å². The molecule has 0 fully saturated rings. The average molecular weight is 270 g/mol. The molecule has 3 N–H and O–H groups in total. The van der Waals surface area contributed by atoms with E-state index in [0.29, 0.717) is 6.54 Å². The molecule has 3 heteroatoms. The molecule has 0 saturated heterocycles. The maximum Gasteiger partial charge on any atom is 0.0916 e. The number of nitrogens with zero attached hydrogens (tertiary/aromatic N) is 1. The van der Waals surface area contributed by atoms with Crippen LogP contribution in [0.4, 0.5) is 5.69 Å². The minimum Gasteiger partial charge on any atom is -0.399 e. The standard InChI is InChI=1S/C17H22N2O/c1-19(12-11-14-5-3-2-4-6-14)13-17(20)15-7-9-16(18)10-8-15/h2-10,17,20H,11-13,18H2,1H3. The van der Waals surface area contributed by atoms with Gasteiger partial charge in [-0.1, -0.05) is 42.5 Å². The smallest absolute Gasteiger partial charge is 0.0916 e. The van der Waals surface area contributed by atoms with E-state index in [0.717, 1.165) is 24.2 Å². The van der Waals surface area contributed by atoms with Crippen LogP contribution in [0.25, 0.3) is 0 Å². The van der Waals surface area contributed by atoms with Gasteiger partial charge >= 0.3 is 0 Å². The van der Waals surface area contributed by atoms with E-state index in [1.165, 1.54) is 5.56 Å². The number of rotatable bonds is 6. The van der Waals surface area contributed by atoms with Gasteiger partial charge in [-0.2, -0.15) is 0 Å². The highest BCUT2D eigenvalue weighted by molar-refractivity contribution is 5.39. The van der Waals surface area contributed by atoms with Crippen LogP contribution < -0.4 is 5.73 Å². The Bertz CT molecular complexity index is 510. The number of hydrogen-bond acceptors (Lipinski definition) is 3. The van der Waals surface area contributed by atoms with Crippen molar-refractivity contribution in [2.45, 2.75) is 12.5 Å². The Labute approximate surface area is 120 Å². The van der Waals surface area contributed by atoms with Gasteiger partial charge in [-0.25, -0.2) is 0 Å². The number of aliphatic hydroxyl groups is 1. The summed E-state index contributed by atoms with van der Waals surface area (Å²) < 4.78 is 0. The molecule has 0 aliphatic carbocycles. The second-order valence-corrected chi connectivity index (χ2v) is 5.18. The van der Waals surface area contributed by atoms with Gasteiger partial charge < -0.3 is 15.7 Å². The SMILES string of the molecule is CN(CCc1ccccc1)CC(O)c1ccc(N)cc1. The van der Waals surface area contributed by atoms with Gasteiger partial charge in [0.15, 0.2) is 0 Å². The molecule has 0 saturated carbocycles. The fourth-order valence-electron chi connectivity index (χ4n) is 2.17. The van der Waals surface area contributed by atoms with Crippen LogP contribution in [0.1, 0.15) is 17.2 Å². The first-order chi connectivity index (χ1) is 9.65. The summed E-state index contributed by atoms with van der Waals surface area (Å²) in [7, 11) is 2.03. The monoisotopic (exact) mass is 270 g/mol. The fourth-order valence-corrected chi connectivity index (χ4v) is 2.17. The normalized spacial score (nSPS) is 12.6. The van der Waals surface area contributed by atoms with Crippen molar-refractivity contribution >= 4 is 5.69 Å². The molecular formula is C17H22N2O. The van der Waals surface area contributed by atoms with Crippen molar-refractivity contribution in [1.82, 2.24) is 4.90 Å². The molecule has 3 nitrogen and oxygen atoms in total. The second kappa shape index (κ2) is 7.08. The van der Waals surface area contributed by atoms with Crippen LogP contribution in [0.5, 0.6) is 0 Å². The highest BCUT2D eigenvalue weighted by atomic mass is 16.3. The zero-order valence-electron chi connectivity index (χ0n) is 11.9. The summed E-state index contributed by atoms with van der Waals surface area (Å²) in [6, 6.07) is 17.8. The Kier molecular flexibility index (Phi) is 5.16. The minimum atomic E-state index is -0.476. The molecule has 2 aromatic carbocycles. The molecule has 0 spiro atoms. The number of anilines is 1. The quantitative estimate of drug-likeness (QED) is 0.793. The topological polar surface area (TPSA) is 49.5 Å². The van der Waals surface area contributed by atoms with Crippen LogP contribution in [0.15, 0.2) is 54.6 Å². The van der Waals surface area contributed by atoms with Crippen LogP contribution in [0.2, 0.25) is 0 Å². The molecular weight excluding hydrogens is 248 g/mol. The molecule has 0 radical (unpaired) electrons. The lowest BCUT2D eigenvalue weighted by Gasteiger charge is -2.21. The fraction of sp³-hybridized carbons (Fsp3) is 0.294. The van der Waals surface area contributed by atoms with Crippen LogP contribution in [-0.2, 0) is 6.42 Å². The summed E-state index contributed by atoms with van der Waals surface area (Å²) in [6.45, 7) is 1.55. The lowest BCUT2D eigenvalue weighted by Crippen LogP contribution is -2.26. The first-order valence-electron chi connectivity index (χ1n) is 6.91. The molecule has 0 aromatic heterocycles. The molecule has 0 amide bonds. The second-order valence-electron chi connectivity index (χ2n) is 5.18. The predicted octanol–water partition coefficient (Wildman–Crippen LogP) is 2.48. The Morgan fingerprint density at radius 2 is 1.70 bits per heavy atom. The molecule has 2 rings (SSSR count). The zero-order chi connectivity index (χ0) is 14.4. The maximum atomic E-state index is 10.2. The van der Waals surface area contributed by atoms with Crippen molar-refractivity contribution < 1.29 is 5.11 Å². The Hall–Kier alpha value is -1.84. The number of nitrogens with two attached hydrogens (primary N) is 1. The van der Waals surface area contributed by atoms with Gasteiger partial charge in [-0.15, -0.1) is 0 Å². The van der Waals surface area contributed by atoms with Crippen molar-refractivity contribution in [3.05, 3.63) is 65.7 Å². The average Bonchev–Trinajstić information content (AvgIpc) is 2.47. The molecule has 1 unspecified atom stereocenters. The van der Waals surface area contributed by atoms with E-state index in [-0.39, 0.29) is 0 Å². The number of aliphatic hydroxyl groups excluding tert-OH is 1. The van der Waals surface area contributed by atoms with Crippen molar-refractivity contribution in [2.75, 3.05) is 25.9 Å². The van der Waals surface area contributed by atoms with Gasteiger partial charge in [0.1, 0.15) is 0 Å². The van der Waals surface area contributed by atoms with Crippen molar-refractivity contribution in [3.63, 3.8) is 0 Å². The first-order valence-corrected chi connectivity index (χ1v) is 6.91. The molecule has 0 aliphatic rings. The molecule has 20 heavy (non-hydrogen) atoms. The van der Waals surface area contributed by atoms with Crippen molar-refractivity contribution in [1.29, 1.82) is 0 Å². The van der Waals surface area contributed by atoms with E-state index in [1.807, 2.05) is 37.4 Å². The minimum absolute atomic E-state index is 0.476. The highest BCUT2D eigenvalue weighted by Crippen LogP contribution is 2.15. The van der Waals surface area contributed by atoms with E-state index >= 15 is 0 Å². The molecule has 0 bridgehead atoms. The van der Waals surface area contributed by atoms with Gasteiger partial charge in [-0.3, -0.25) is 0 Å². The van der Waals surface area contributed by atoms with Crippen LogP contribution in [0.3, 0.4) is 0 Å². The molecule has 2 aromatic rings. The Morgan fingerprint density at radius 3 is 2.35 bits per heavy atom. The number of nitrogen functional groups attached to an aromatic ring is 1. The summed E-state index contributed by atoms with van der Waals surface area (Å²) in [5.41, 5.74) is 8.60. The number of hydrogen-bond donors (Lipinski definition) is 2. The van der Waals surface area contributed by atoms with Gasteiger partial charge in [0.05, 0.1) is 6.10 Å². The summed E-state index contributed by atoms with van der Waals surface area (Å²) in [5, 5.41) is 10.2. The Morgan fingerprint density at radius 1 is 1.05 bits per heavy atom. The summed E-state index contributed by atoms with van der Waals surface area (Å²) in [5.74, 6) is 0. The zero-order valence-corrected chi connectivity index (χ0v) is 11.9. The van der Waals surface area contributed by atoms with Gasteiger partial charge in [-0.05, 0) is 36.7 Å². The van der Waals surface area contributed by atoms with Crippen LogP contribution in [0, 0.1) is 0 Å². The molecule has 1 atom stereocenters. The summed E-state index contributed by atoms with van der Waals surface area (Å²) >= 11 is 0. The number of likely N-dealkylation sites (N-methyl/N-ethyl adjacent to an activating group) is 1. The van der Waals surface area contributed by atoms with E-state index in [2.05, 4.69) is 29.2 Å². The summed E-state index contributed by atoms with van der Waals surface area (Å²) in [4.78, 5) is 2.15. The molecule has 106 valence electrons. The van der Waals surface area contributed by atoms with Gasteiger partial charge in [0.25, 0.3) is 0 Å². The third-order valence-electron chi connectivity index (χ3n) is 3.43. The Balaban J connectivity index is 1.82. The maximum absolute atomic E-state index is 10.2. The lowest BCUT2D eigenvalue weighted by molar-refractivity contribution is 0.127. The third-order valence-corrected chi connectivity index (χ3v) is 3.43.